The number of nitrogens with zero attached hydrogens (tertiary/aromatic N) is 3. The number of amides is 2. The van der Waals surface area contributed by atoms with Crippen molar-refractivity contribution in [3.8, 4) is 0 Å². The summed E-state index contributed by atoms with van der Waals surface area (Å²) >= 11 is 0. The Kier molecular flexibility index (Phi) is 5.14. The van der Waals surface area contributed by atoms with E-state index in [1.54, 1.807) is 24.3 Å². The zero-order valence-corrected chi connectivity index (χ0v) is 16.0. The summed E-state index contributed by atoms with van der Waals surface area (Å²) in [6.45, 7) is 5.79. The molecule has 0 bridgehead atoms. The molecule has 2 amide bonds. The van der Waals surface area contributed by atoms with Gasteiger partial charge in [-0.05, 0) is 43.7 Å². The van der Waals surface area contributed by atoms with Gasteiger partial charge in [-0.3, -0.25) is 19.5 Å². The van der Waals surface area contributed by atoms with Gasteiger partial charge in [0, 0.05) is 26.2 Å². The predicted molar refractivity (Wildman–Crippen MR) is 105 cm³/mol. The number of guanidine groups is 1. The third-order valence-electron chi connectivity index (χ3n) is 6.07. The Morgan fingerprint density at radius 3 is 2.22 bits per heavy atom. The SMILES string of the molecule is CCNC(=NCCN1C(=O)c2ccccc2C1=O)N1CC2CCCCC2C1. The largest absolute Gasteiger partial charge is 0.357 e. The summed E-state index contributed by atoms with van der Waals surface area (Å²) in [5, 5.41) is 3.39. The molecule has 0 aromatic heterocycles. The Morgan fingerprint density at radius 1 is 1.07 bits per heavy atom. The highest BCUT2D eigenvalue weighted by Crippen LogP contribution is 2.36. The summed E-state index contributed by atoms with van der Waals surface area (Å²) in [7, 11) is 0. The van der Waals surface area contributed by atoms with Crippen LogP contribution in [0, 0.1) is 11.8 Å². The number of benzene rings is 1. The summed E-state index contributed by atoms with van der Waals surface area (Å²) < 4.78 is 0. The van der Waals surface area contributed by atoms with Crippen LogP contribution in [0.3, 0.4) is 0 Å². The number of hydrogen-bond acceptors (Lipinski definition) is 3. The predicted octanol–water partition coefficient (Wildman–Crippen LogP) is 2.37. The Bertz CT molecular complexity index is 711. The van der Waals surface area contributed by atoms with Crippen LogP contribution in [0.25, 0.3) is 0 Å². The molecule has 1 aliphatic carbocycles. The van der Waals surface area contributed by atoms with Crippen LogP contribution in [0.15, 0.2) is 29.3 Å². The molecule has 1 aromatic rings. The van der Waals surface area contributed by atoms with E-state index in [-0.39, 0.29) is 11.8 Å². The molecule has 27 heavy (non-hydrogen) atoms. The number of likely N-dealkylation sites (tertiary alicyclic amines) is 1. The highest BCUT2D eigenvalue weighted by atomic mass is 16.2. The number of rotatable bonds is 4. The second-order valence-corrected chi connectivity index (χ2v) is 7.75. The topological polar surface area (TPSA) is 65.0 Å². The minimum absolute atomic E-state index is 0.206. The number of carbonyl (C=O) groups is 2. The van der Waals surface area contributed by atoms with Crippen molar-refractivity contribution in [3.63, 3.8) is 0 Å². The summed E-state index contributed by atoms with van der Waals surface area (Å²) in [5.41, 5.74) is 1.00. The Hall–Kier alpha value is -2.37. The van der Waals surface area contributed by atoms with Crippen molar-refractivity contribution in [2.75, 3.05) is 32.7 Å². The average molecular weight is 368 g/mol. The molecule has 2 atom stereocenters. The monoisotopic (exact) mass is 368 g/mol. The molecule has 2 heterocycles. The van der Waals surface area contributed by atoms with Crippen LogP contribution in [0.5, 0.6) is 0 Å². The van der Waals surface area contributed by atoms with Crippen molar-refractivity contribution >= 4 is 17.8 Å². The van der Waals surface area contributed by atoms with E-state index in [2.05, 4.69) is 17.1 Å². The number of fused-ring (bicyclic) bond motifs is 2. The fourth-order valence-electron chi connectivity index (χ4n) is 4.70. The van der Waals surface area contributed by atoms with Gasteiger partial charge in [-0.2, -0.15) is 0 Å². The van der Waals surface area contributed by atoms with Gasteiger partial charge in [-0.25, -0.2) is 0 Å². The van der Waals surface area contributed by atoms with Crippen LogP contribution in [-0.4, -0.2) is 60.3 Å². The van der Waals surface area contributed by atoms with Gasteiger partial charge in [0.1, 0.15) is 0 Å². The van der Waals surface area contributed by atoms with Crippen molar-refractivity contribution in [1.29, 1.82) is 0 Å². The molecule has 1 N–H and O–H groups in total. The molecular formula is C21H28N4O2. The fraction of sp³-hybridized carbons (Fsp3) is 0.571. The highest BCUT2D eigenvalue weighted by Gasteiger charge is 2.36. The molecule has 2 unspecified atom stereocenters. The molecule has 6 heteroatoms. The lowest BCUT2D eigenvalue weighted by Crippen LogP contribution is -2.41. The number of hydrogen-bond donors (Lipinski definition) is 1. The number of nitrogens with one attached hydrogen (secondary N) is 1. The normalized spacial score (nSPS) is 25.0. The van der Waals surface area contributed by atoms with Crippen LogP contribution in [-0.2, 0) is 0 Å². The summed E-state index contributed by atoms with van der Waals surface area (Å²) in [6, 6.07) is 7.02. The minimum Gasteiger partial charge on any atom is -0.357 e. The lowest BCUT2D eigenvalue weighted by atomic mass is 9.82. The number of imide groups is 1. The van der Waals surface area contributed by atoms with Crippen LogP contribution < -0.4 is 5.32 Å². The maximum Gasteiger partial charge on any atom is 0.261 e. The van der Waals surface area contributed by atoms with Crippen LogP contribution in [0.2, 0.25) is 0 Å². The molecule has 2 fully saturated rings. The molecule has 2 aliphatic heterocycles. The summed E-state index contributed by atoms with van der Waals surface area (Å²) in [5.74, 6) is 2.09. The van der Waals surface area contributed by atoms with Crippen molar-refractivity contribution in [2.24, 2.45) is 16.8 Å². The van der Waals surface area contributed by atoms with Gasteiger partial charge in [0.05, 0.1) is 17.7 Å². The average Bonchev–Trinajstić information content (AvgIpc) is 3.22. The molecule has 1 saturated heterocycles. The third kappa shape index (κ3) is 3.45. The fourth-order valence-corrected chi connectivity index (χ4v) is 4.70. The van der Waals surface area contributed by atoms with Gasteiger partial charge in [0.25, 0.3) is 11.8 Å². The first kappa shape index (κ1) is 18.0. The first-order valence-corrected chi connectivity index (χ1v) is 10.2. The van der Waals surface area contributed by atoms with Crippen molar-refractivity contribution in [3.05, 3.63) is 35.4 Å². The second kappa shape index (κ2) is 7.71. The zero-order valence-electron chi connectivity index (χ0n) is 16.0. The van der Waals surface area contributed by atoms with E-state index >= 15 is 0 Å². The van der Waals surface area contributed by atoms with E-state index in [1.807, 2.05) is 0 Å². The smallest absolute Gasteiger partial charge is 0.261 e. The van der Waals surface area contributed by atoms with Crippen LogP contribution >= 0.6 is 0 Å². The van der Waals surface area contributed by atoms with Crippen LogP contribution in [0.4, 0.5) is 0 Å². The molecule has 4 rings (SSSR count). The molecule has 0 radical (unpaired) electrons. The zero-order chi connectivity index (χ0) is 18.8. The molecule has 0 spiro atoms. The third-order valence-corrected chi connectivity index (χ3v) is 6.07. The molecule has 3 aliphatic rings. The molecular weight excluding hydrogens is 340 g/mol. The first-order chi connectivity index (χ1) is 13.2. The molecule has 144 valence electrons. The van der Waals surface area contributed by atoms with Gasteiger partial charge >= 0.3 is 0 Å². The lowest BCUT2D eigenvalue weighted by molar-refractivity contribution is 0.0659. The van der Waals surface area contributed by atoms with Crippen molar-refractivity contribution < 1.29 is 9.59 Å². The van der Waals surface area contributed by atoms with E-state index < -0.39 is 0 Å². The maximum absolute atomic E-state index is 12.5. The van der Waals surface area contributed by atoms with E-state index in [4.69, 9.17) is 4.99 Å². The van der Waals surface area contributed by atoms with Gasteiger partial charge < -0.3 is 10.2 Å². The number of aliphatic imine (C=N–C) groups is 1. The second-order valence-electron chi connectivity index (χ2n) is 7.75. The maximum atomic E-state index is 12.5. The first-order valence-electron chi connectivity index (χ1n) is 10.2. The lowest BCUT2D eigenvalue weighted by Gasteiger charge is -2.22. The number of carbonyl (C=O) groups excluding carboxylic acids is 2. The van der Waals surface area contributed by atoms with Gasteiger partial charge in [-0.1, -0.05) is 25.0 Å². The van der Waals surface area contributed by atoms with E-state index in [0.717, 1.165) is 37.4 Å². The standard InChI is InChI=1S/C21H28N4O2/c1-2-22-21(24-13-15-7-3-4-8-16(15)14-24)23-11-12-25-19(26)17-9-5-6-10-18(17)20(25)27/h5-6,9-10,15-16H,2-4,7-8,11-14H2,1H3,(H,22,23). The molecule has 6 nitrogen and oxygen atoms in total. The van der Waals surface area contributed by atoms with Gasteiger partial charge in [0.15, 0.2) is 5.96 Å². The van der Waals surface area contributed by atoms with E-state index in [9.17, 15) is 9.59 Å². The van der Waals surface area contributed by atoms with Crippen molar-refractivity contribution in [2.45, 2.75) is 32.6 Å². The van der Waals surface area contributed by atoms with E-state index in [0.29, 0.717) is 24.2 Å². The minimum atomic E-state index is -0.206. The van der Waals surface area contributed by atoms with Crippen molar-refractivity contribution in [1.82, 2.24) is 15.1 Å². The molecule has 1 aromatic carbocycles. The highest BCUT2D eigenvalue weighted by molar-refractivity contribution is 6.21. The quantitative estimate of drug-likeness (QED) is 0.503. The molecule has 1 saturated carbocycles. The summed E-state index contributed by atoms with van der Waals surface area (Å²) in [4.78, 5) is 33.4. The Morgan fingerprint density at radius 2 is 1.67 bits per heavy atom. The van der Waals surface area contributed by atoms with Crippen LogP contribution in [0.1, 0.15) is 53.3 Å². The van der Waals surface area contributed by atoms with E-state index in [1.165, 1.54) is 30.6 Å². The summed E-state index contributed by atoms with van der Waals surface area (Å²) in [6.07, 6.45) is 5.36. The van der Waals surface area contributed by atoms with Gasteiger partial charge in [0.2, 0.25) is 0 Å². The Balaban J connectivity index is 1.40. The van der Waals surface area contributed by atoms with Gasteiger partial charge in [-0.15, -0.1) is 0 Å². The Labute approximate surface area is 160 Å².